The summed E-state index contributed by atoms with van der Waals surface area (Å²) in [6.45, 7) is 4.69. The highest BCUT2D eigenvalue weighted by Crippen LogP contribution is 2.41. The van der Waals surface area contributed by atoms with Gasteiger partial charge in [0.05, 0.1) is 30.0 Å². The number of nitrogens with one attached hydrogen (secondary N) is 1. The molecule has 1 heterocycles. The maximum absolute atomic E-state index is 11.3. The maximum atomic E-state index is 11.3. The van der Waals surface area contributed by atoms with Crippen molar-refractivity contribution in [3.8, 4) is 5.75 Å². The van der Waals surface area contributed by atoms with Crippen molar-refractivity contribution in [1.29, 1.82) is 0 Å². The van der Waals surface area contributed by atoms with E-state index in [9.17, 15) is 15.2 Å². The number of fused-ring (bicyclic) bond motifs is 1. The molecule has 0 unspecified atom stereocenters. The van der Waals surface area contributed by atoms with E-state index in [0.29, 0.717) is 12.1 Å². The van der Waals surface area contributed by atoms with E-state index < -0.39 is 4.92 Å². The average molecular weight is 444 g/mol. The highest BCUT2D eigenvalue weighted by Gasteiger charge is 2.44. The van der Waals surface area contributed by atoms with Gasteiger partial charge in [0.2, 0.25) is 5.69 Å². The average Bonchev–Trinajstić information content (AvgIpc) is 3.00. The van der Waals surface area contributed by atoms with Crippen molar-refractivity contribution in [3.63, 3.8) is 0 Å². The first-order valence-electron chi connectivity index (χ1n) is 11.0. The summed E-state index contributed by atoms with van der Waals surface area (Å²) >= 11 is 0. The normalized spacial score (nSPS) is 14.8. The van der Waals surface area contributed by atoms with Crippen LogP contribution in [0.2, 0.25) is 0 Å². The Labute approximate surface area is 193 Å². The Hall–Kier alpha value is -3.77. The predicted octanol–water partition coefficient (Wildman–Crippen LogP) is 4.37. The number of hydrogen-bond acceptors (Lipinski definition) is 3. The van der Waals surface area contributed by atoms with Crippen LogP contribution in [0.15, 0.2) is 72.8 Å². The van der Waals surface area contributed by atoms with Crippen LogP contribution < -0.4 is 4.90 Å². The molecule has 2 N–H and O–H groups in total. The molecule has 33 heavy (non-hydrogen) atoms. The number of para-hydroxylation sites is 1. The van der Waals surface area contributed by atoms with Crippen molar-refractivity contribution >= 4 is 28.8 Å². The molecule has 0 saturated carbocycles. The summed E-state index contributed by atoms with van der Waals surface area (Å²) in [6, 6.07) is 20.8. The van der Waals surface area contributed by atoms with Crippen molar-refractivity contribution in [2.75, 3.05) is 14.1 Å². The van der Waals surface area contributed by atoms with E-state index in [0.717, 1.165) is 17.0 Å². The number of nitro benzene ring substituents is 1. The van der Waals surface area contributed by atoms with Crippen LogP contribution in [0.4, 0.5) is 17.1 Å². The number of rotatable bonds is 6. The molecule has 0 atom stereocenters. The number of aromatic hydroxyl groups is 1. The van der Waals surface area contributed by atoms with Crippen LogP contribution >= 0.6 is 0 Å². The van der Waals surface area contributed by atoms with Crippen molar-refractivity contribution in [2.45, 2.75) is 25.8 Å². The number of nitro groups is 1. The van der Waals surface area contributed by atoms with Crippen LogP contribution in [0.25, 0.3) is 6.08 Å². The first-order valence-corrected chi connectivity index (χ1v) is 11.0. The topological polar surface area (TPSA) is 70.8 Å². The molecular formula is C27H29N3O3+2. The molecule has 0 aromatic heterocycles. The Morgan fingerprint density at radius 3 is 2.39 bits per heavy atom. The van der Waals surface area contributed by atoms with Crippen molar-refractivity contribution in [1.82, 2.24) is 0 Å². The Morgan fingerprint density at radius 1 is 1.03 bits per heavy atom. The molecule has 3 aromatic carbocycles. The minimum atomic E-state index is -0.436. The maximum Gasteiger partial charge on any atom is 0.270 e. The van der Waals surface area contributed by atoms with E-state index in [-0.39, 0.29) is 16.9 Å². The second-order valence-electron chi connectivity index (χ2n) is 9.14. The number of phenols is 1. The number of quaternary nitrogens is 1. The number of benzene rings is 3. The molecule has 0 fully saturated rings. The second-order valence-corrected chi connectivity index (χ2v) is 9.14. The van der Waals surface area contributed by atoms with Crippen LogP contribution in [0.5, 0.6) is 5.75 Å². The summed E-state index contributed by atoms with van der Waals surface area (Å²) < 4.78 is 2.14. The second kappa shape index (κ2) is 8.64. The molecule has 4 rings (SSSR count). The van der Waals surface area contributed by atoms with Gasteiger partial charge in [-0.05, 0) is 55.8 Å². The zero-order chi connectivity index (χ0) is 23.8. The van der Waals surface area contributed by atoms with Gasteiger partial charge in [0.25, 0.3) is 5.69 Å². The quantitative estimate of drug-likeness (QED) is 0.338. The summed E-state index contributed by atoms with van der Waals surface area (Å²) in [7, 11) is 4.19. The zero-order valence-electron chi connectivity index (χ0n) is 19.4. The SMILES string of the molecule is C[NH+](C)c1ccc(C=CC2=[N+](Cc3cc([N+](=O)[O-])ccc3O)c3ccccc3C2(C)C)cc1. The lowest BCUT2D eigenvalue weighted by Gasteiger charge is -2.15. The molecule has 3 aromatic rings. The van der Waals surface area contributed by atoms with E-state index in [1.54, 1.807) is 0 Å². The fraction of sp³-hybridized carbons (Fsp3) is 0.222. The smallest absolute Gasteiger partial charge is 0.270 e. The molecule has 0 saturated heterocycles. The van der Waals surface area contributed by atoms with Gasteiger partial charge >= 0.3 is 0 Å². The van der Waals surface area contributed by atoms with Crippen LogP contribution in [0.3, 0.4) is 0 Å². The Bertz CT molecular complexity index is 1270. The predicted molar refractivity (Wildman–Crippen MR) is 131 cm³/mol. The summed E-state index contributed by atoms with van der Waals surface area (Å²) in [5.74, 6) is 0.0490. The Kier molecular flexibility index (Phi) is 5.87. The lowest BCUT2D eigenvalue weighted by molar-refractivity contribution is -0.786. The van der Waals surface area contributed by atoms with Crippen LogP contribution in [-0.2, 0) is 12.0 Å². The van der Waals surface area contributed by atoms with E-state index >= 15 is 0 Å². The van der Waals surface area contributed by atoms with Gasteiger partial charge in [-0.2, -0.15) is 4.58 Å². The standard InChI is InChI=1S/C27H27N3O3/c1-27(2)23-7-5-6-8-24(23)29(18-20-17-22(30(32)33)14-15-25(20)31)26(27)16-11-19-9-12-21(13-10-19)28(3)4/h5-17H,18H2,1-4H3/p+2. The number of hydrogen-bond donors (Lipinski definition) is 2. The summed E-state index contributed by atoms with van der Waals surface area (Å²) in [5, 5.41) is 21.7. The molecule has 0 radical (unpaired) electrons. The minimum absolute atomic E-state index is 0.0326. The summed E-state index contributed by atoms with van der Waals surface area (Å²) in [6.07, 6.45) is 4.21. The van der Waals surface area contributed by atoms with Gasteiger partial charge in [0.1, 0.15) is 11.4 Å². The fourth-order valence-corrected chi connectivity index (χ4v) is 4.40. The monoisotopic (exact) mass is 443 g/mol. The fourth-order valence-electron chi connectivity index (χ4n) is 4.40. The van der Waals surface area contributed by atoms with Gasteiger partial charge in [-0.15, -0.1) is 0 Å². The zero-order valence-corrected chi connectivity index (χ0v) is 19.4. The summed E-state index contributed by atoms with van der Waals surface area (Å²) in [4.78, 5) is 12.1. The molecular weight excluding hydrogens is 414 g/mol. The lowest BCUT2D eigenvalue weighted by Crippen LogP contribution is -3.00. The van der Waals surface area contributed by atoms with Gasteiger partial charge in [0.15, 0.2) is 12.3 Å². The van der Waals surface area contributed by atoms with Gasteiger partial charge < -0.3 is 10.0 Å². The van der Waals surface area contributed by atoms with Crippen LogP contribution in [0, 0.1) is 10.1 Å². The van der Waals surface area contributed by atoms with Gasteiger partial charge in [-0.25, -0.2) is 0 Å². The molecule has 1 aliphatic heterocycles. The highest BCUT2D eigenvalue weighted by molar-refractivity contribution is 6.05. The molecule has 0 amide bonds. The van der Waals surface area contributed by atoms with E-state index in [2.05, 4.69) is 81.1 Å². The molecule has 0 spiro atoms. The Morgan fingerprint density at radius 2 is 1.73 bits per heavy atom. The van der Waals surface area contributed by atoms with E-state index in [4.69, 9.17) is 0 Å². The minimum Gasteiger partial charge on any atom is -0.507 e. The van der Waals surface area contributed by atoms with Crippen molar-refractivity contribution < 1.29 is 19.5 Å². The van der Waals surface area contributed by atoms with Crippen molar-refractivity contribution in [2.24, 2.45) is 0 Å². The lowest BCUT2D eigenvalue weighted by atomic mass is 9.81. The van der Waals surface area contributed by atoms with E-state index in [1.165, 1.54) is 34.3 Å². The van der Waals surface area contributed by atoms with Gasteiger partial charge in [-0.1, -0.05) is 18.2 Å². The third kappa shape index (κ3) is 4.30. The first-order chi connectivity index (χ1) is 15.7. The highest BCUT2D eigenvalue weighted by atomic mass is 16.6. The Balaban J connectivity index is 1.79. The molecule has 6 nitrogen and oxygen atoms in total. The number of nitrogens with zero attached hydrogens (tertiary/aromatic N) is 2. The molecule has 0 aliphatic carbocycles. The van der Waals surface area contributed by atoms with Gasteiger partial charge in [0, 0.05) is 29.8 Å². The molecule has 1 aliphatic rings. The number of allylic oxidation sites excluding steroid dienone is 1. The third-order valence-electron chi connectivity index (χ3n) is 6.32. The van der Waals surface area contributed by atoms with Crippen LogP contribution in [0.1, 0.15) is 30.5 Å². The number of non-ortho nitro benzene ring substituents is 1. The van der Waals surface area contributed by atoms with Crippen LogP contribution in [-0.4, -0.2) is 34.4 Å². The van der Waals surface area contributed by atoms with E-state index in [1.807, 2.05) is 12.1 Å². The molecule has 6 heteroatoms. The first kappa shape index (κ1) is 22.4. The largest absolute Gasteiger partial charge is 0.507 e. The molecule has 168 valence electrons. The summed E-state index contributed by atoms with van der Waals surface area (Å²) in [5.41, 5.74) is 5.82. The van der Waals surface area contributed by atoms with Gasteiger partial charge in [-0.3, -0.25) is 10.1 Å². The molecule has 0 bridgehead atoms. The third-order valence-corrected chi connectivity index (χ3v) is 6.32. The van der Waals surface area contributed by atoms with Crippen molar-refractivity contribution in [3.05, 3.63) is 99.6 Å². The number of phenolic OH excluding ortho intramolecular Hbond substituents is 1.